The summed E-state index contributed by atoms with van der Waals surface area (Å²) in [5.41, 5.74) is 4.55. The highest BCUT2D eigenvalue weighted by atomic mass is 32.1. The van der Waals surface area contributed by atoms with Gasteiger partial charge in [-0.05, 0) is 36.3 Å². The first-order valence-corrected chi connectivity index (χ1v) is 8.71. The van der Waals surface area contributed by atoms with Crippen LogP contribution < -0.4 is 0 Å². The summed E-state index contributed by atoms with van der Waals surface area (Å²) in [5.74, 6) is 1.46. The smallest absolute Gasteiger partial charge is 0.150 e. The lowest BCUT2D eigenvalue weighted by Gasteiger charge is -2.26. The van der Waals surface area contributed by atoms with Crippen molar-refractivity contribution >= 4 is 23.8 Å². The average Bonchev–Trinajstić information content (AvgIpc) is 3.11. The fraction of sp³-hybridized carbons (Fsp3) is 0.444. The molecule has 0 N–H and O–H groups in total. The third-order valence-corrected chi connectivity index (χ3v) is 5.37. The molecule has 0 aromatic carbocycles. The maximum Gasteiger partial charge on any atom is 0.150 e. The zero-order valence-corrected chi connectivity index (χ0v) is 14.5. The van der Waals surface area contributed by atoms with Crippen LogP contribution in [-0.2, 0) is 7.05 Å². The molecule has 5 heteroatoms. The summed E-state index contributed by atoms with van der Waals surface area (Å²) >= 11 is 4.53. The van der Waals surface area contributed by atoms with Gasteiger partial charge in [0.05, 0.1) is 6.20 Å². The van der Waals surface area contributed by atoms with Gasteiger partial charge in [0.15, 0.2) is 0 Å². The fourth-order valence-corrected chi connectivity index (χ4v) is 4.13. The molecule has 1 fully saturated rings. The van der Waals surface area contributed by atoms with E-state index < -0.39 is 0 Å². The number of hydrogen-bond donors (Lipinski definition) is 1. The number of thiol groups is 1. The molecule has 0 spiro atoms. The molecule has 3 aromatic rings. The monoisotopic (exact) mass is 326 g/mol. The van der Waals surface area contributed by atoms with Crippen molar-refractivity contribution in [3.63, 3.8) is 0 Å². The summed E-state index contributed by atoms with van der Waals surface area (Å²) < 4.78 is 3.64. The van der Waals surface area contributed by atoms with Crippen LogP contribution in [0.2, 0.25) is 0 Å². The van der Waals surface area contributed by atoms with Gasteiger partial charge in [0, 0.05) is 42.2 Å². The molecular formula is C18H22N4S. The Kier molecular flexibility index (Phi) is 3.68. The molecule has 0 radical (unpaired) electrons. The number of pyridine rings is 1. The van der Waals surface area contributed by atoms with Gasteiger partial charge in [-0.3, -0.25) is 8.65 Å². The molecule has 1 saturated carbocycles. The summed E-state index contributed by atoms with van der Waals surface area (Å²) in [5, 5.41) is 5.46. The molecule has 3 aromatic heterocycles. The van der Waals surface area contributed by atoms with Crippen LogP contribution in [0.15, 0.2) is 30.9 Å². The molecule has 3 heterocycles. The second kappa shape index (κ2) is 5.71. The lowest BCUT2D eigenvalue weighted by atomic mass is 9.79. The van der Waals surface area contributed by atoms with Crippen LogP contribution in [0.3, 0.4) is 0 Å². The van der Waals surface area contributed by atoms with Gasteiger partial charge in [-0.25, -0.2) is 4.98 Å². The van der Waals surface area contributed by atoms with Crippen molar-refractivity contribution in [3.8, 4) is 11.1 Å². The van der Waals surface area contributed by atoms with Crippen LogP contribution in [0.4, 0.5) is 0 Å². The van der Waals surface area contributed by atoms with Gasteiger partial charge >= 0.3 is 0 Å². The summed E-state index contributed by atoms with van der Waals surface area (Å²) in [4.78, 5) is 4.69. The van der Waals surface area contributed by atoms with E-state index >= 15 is 0 Å². The van der Waals surface area contributed by atoms with Crippen molar-refractivity contribution < 1.29 is 0 Å². The lowest BCUT2D eigenvalue weighted by Crippen LogP contribution is -2.11. The van der Waals surface area contributed by atoms with Gasteiger partial charge in [-0.1, -0.05) is 32.6 Å². The Morgan fingerprint density at radius 1 is 1.22 bits per heavy atom. The van der Waals surface area contributed by atoms with Crippen molar-refractivity contribution in [2.45, 2.75) is 38.5 Å². The molecule has 1 aliphatic rings. The van der Waals surface area contributed by atoms with Crippen molar-refractivity contribution in [2.24, 2.45) is 13.0 Å². The first-order chi connectivity index (χ1) is 11.1. The number of rotatable bonds is 2. The zero-order valence-electron chi connectivity index (χ0n) is 13.6. The number of hydrogen-bond acceptors (Lipinski definition) is 3. The molecule has 23 heavy (non-hydrogen) atoms. The van der Waals surface area contributed by atoms with Crippen LogP contribution >= 0.6 is 12.8 Å². The first kappa shape index (κ1) is 14.8. The Morgan fingerprint density at radius 2 is 2.09 bits per heavy atom. The van der Waals surface area contributed by atoms with Crippen LogP contribution in [0.5, 0.6) is 0 Å². The Labute approximate surface area is 142 Å². The average molecular weight is 326 g/mol. The lowest BCUT2D eigenvalue weighted by molar-refractivity contribution is 0.344. The SMILES string of the molecule is CC1CCCC(c2cnc3c(c2)c(-c2cnn(C)c2)cn3S)C1. The number of fused-ring (bicyclic) bond motifs is 1. The number of aromatic nitrogens is 4. The molecule has 1 aliphatic carbocycles. The highest BCUT2D eigenvalue weighted by Crippen LogP contribution is 2.38. The second-order valence-corrected chi connectivity index (χ2v) is 7.33. The van der Waals surface area contributed by atoms with E-state index in [1.165, 1.54) is 36.6 Å². The van der Waals surface area contributed by atoms with Gasteiger partial charge in [0.1, 0.15) is 5.65 Å². The van der Waals surface area contributed by atoms with Gasteiger partial charge < -0.3 is 0 Å². The van der Waals surface area contributed by atoms with Crippen LogP contribution in [0.25, 0.3) is 22.2 Å². The molecule has 0 aliphatic heterocycles. The molecule has 4 nitrogen and oxygen atoms in total. The number of aryl methyl sites for hydroxylation is 1. The Balaban J connectivity index is 1.80. The summed E-state index contributed by atoms with van der Waals surface area (Å²) in [6, 6.07) is 2.32. The highest BCUT2D eigenvalue weighted by Gasteiger charge is 2.22. The van der Waals surface area contributed by atoms with E-state index in [-0.39, 0.29) is 0 Å². The summed E-state index contributed by atoms with van der Waals surface area (Å²) in [7, 11) is 1.94. The third-order valence-electron chi connectivity index (χ3n) is 5.07. The minimum Gasteiger partial charge on any atom is -0.277 e. The molecular weight excluding hydrogens is 304 g/mol. The standard InChI is InChI=1S/C18H22N4S/c1-12-4-3-5-13(6-12)14-7-16-17(15-9-20-21(2)10-15)11-22(23)18(16)19-8-14/h7-13,23H,3-6H2,1-2H3. The predicted molar refractivity (Wildman–Crippen MR) is 96.7 cm³/mol. The van der Waals surface area contributed by atoms with E-state index in [2.05, 4.69) is 30.9 Å². The van der Waals surface area contributed by atoms with Crippen LogP contribution in [0.1, 0.15) is 44.1 Å². The molecule has 4 rings (SSSR count). The zero-order chi connectivity index (χ0) is 16.0. The fourth-order valence-electron chi connectivity index (χ4n) is 3.86. The van der Waals surface area contributed by atoms with Gasteiger partial charge in [0.25, 0.3) is 0 Å². The van der Waals surface area contributed by atoms with Crippen molar-refractivity contribution in [3.05, 3.63) is 36.4 Å². The Bertz CT molecular complexity index is 848. The quantitative estimate of drug-likeness (QED) is 0.707. The Morgan fingerprint density at radius 3 is 2.83 bits per heavy atom. The van der Waals surface area contributed by atoms with E-state index in [9.17, 15) is 0 Å². The predicted octanol–water partition coefficient (Wildman–Crippen LogP) is 4.42. The van der Waals surface area contributed by atoms with Crippen LogP contribution in [0, 0.1) is 5.92 Å². The van der Waals surface area contributed by atoms with E-state index in [1.54, 1.807) is 0 Å². The third kappa shape index (κ3) is 2.67. The van der Waals surface area contributed by atoms with Gasteiger partial charge in [-0.15, -0.1) is 0 Å². The Hall–Kier alpha value is -1.75. The van der Waals surface area contributed by atoms with E-state index in [0.717, 1.165) is 22.7 Å². The maximum absolute atomic E-state index is 4.69. The van der Waals surface area contributed by atoms with E-state index in [4.69, 9.17) is 4.98 Å². The minimum atomic E-state index is 0.640. The largest absolute Gasteiger partial charge is 0.277 e. The topological polar surface area (TPSA) is 35.6 Å². The highest BCUT2D eigenvalue weighted by molar-refractivity contribution is 7.78. The first-order valence-electron chi connectivity index (χ1n) is 8.31. The summed E-state index contributed by atoms with van der Waals surface area (Å²) in [6.07, 6.45) is 13.3. The molecule has 2 atom stereocenters. The second-order valence-electron chi connectivity index (χ2n) is 6.90. The van der Waals surface area contributed by atoms with Crippen molar-refractivity contribution in [1.29, 1.82) is 0 Å². The summed E-state index contributed by atoms with van der Waals surface area (Å²) in [6.45, 7) is 2.36. The molecule has 2 unspecified atom stereocenters. The minimum absolute atomic E-state index is 0.640. The molecule has 120 valence electrons. The normalized spacial score (nSPS) is 21.9. The van der Waals surface area contributed by atoms with Gasteiger partial charge in [-0.2, -0.15) is 5.10 Å². The molecule has 0 amide bonds. The van der Waals surface area contributed by atoms with Crippen LogP contribution in [-0.4, -0.2) is 18.7 Å². The van der Waals surface area contributed by atoms with E-state index in [1.807, 2.05) is 40.5 Å². The van der Waals surface area contributed by atoms with Crippen molar-refractivity contribution in [2.75, 3.05) is 0 Å². The van der Waals surface area contributed by atoms with Crippen molar-refractivity contribution in [1.82, 2.24) is 18.7 Å². The van der Waals surface area contributed by atoms with E-state index in [0.29, 0.717) is 5.92 Å². The maximum atomic E-state index is 4.69. The molecule has 0 saturated heterocycles. The molecule has 0 bridgehead atoms. The van der Waals surface area contributed by atoms with Gasteiger partial charge in [0.2, 0.25) is 0 Å². The number of nitrogens with zero attached hydrogens (tertiary/aromatic N) is 4.